The first-order chi connectivity index (χ1) is 8.86. The van der Waals surface area contributed by atoms with Crippen LogP contribution in [-0.2, 0) is 16.6 Å². The van der Waals surface area contributed by atoms with Crippen LogP contribution < -0.4 is 4.72 Å². The third kappa shape index (κ3) is 3.37. The predicted molar refractivity (Wildman–Crippen MR) is 77.3 cm³/mol. The summed E-state index contributed by atoms with van der Waals surface area (Å²) in [7, 11) is -3.54. The van der Waals surface area contributed by atoms with Crippen LogP contribution in [0.2, 0.25) is 0 Å². The zero-order valence-corrected chi connectivity index (χ0v) is 13.2. The second-order valence-electron chi connectivity index (χ2n) is 5.30. The minimum atomic E-state index is -3.54. The molecule has 0 spiro atoms. The highest BCUT2D eigenvalue weighted by molar-refractivity contribution is 9.10. The Bertz CT molecular complexity index is 565. The zero-order chi connectivity index (χ0) is 14.1. The molecule has 0 unspecified atom stereocenters. The van der Waals surface area contributed by atoms with Gasteiger partial charge in [0.15, 0.2) is 0 Å². The van der Waals surface area contributed by atoms with Gasteiger partial charge in [-0.3, -0.25) is 0 Å². The maximum absolute atomic E-state index is 12.4. The standard InChI is InChI=1S/C13H18BrNO3S/c1-13(6-2-3-7-13)15-19(17,18)12-5-4-10(9-16)8-11(12)14/h4-5,8,15-16H,2-3,6-7,9H2,1H3. The molecule has 2 N–H and O–H groups in total. The lowest BCUT2D eigenvalue weighted by atomic mass is 10.0. The highest BCUT2D eigenvalue weighted by atomic mass is 79.9. The van der Waals surface area contributed by atoms with Crippen LogP contribution in [0.5, 0.6) is 0 Å². The minimum Gasteiger partial charge on any atom is -0.392 e. The van der Waals surface area contributed by atoms with Crippen molar-refractivity contribution in [3.05, 3.63) is 28.2 Å². The van der Waals surface area contributed by atoms with E-state index in [4.69, 9.17) is 5.11 Å². The van der Waals surface area contributed by atoms with Crippen molar-refractivity contribution < 1.29 is 13.5 Å². The number of hydrogen-bond acceptors (Lipinski definition) is 3. The van der Waals surface area contributed by atoms with Crippen LogP contribution in [0.4, 0.5) is 0 Å². The lowest BCUT2D eigenvalue weighted by Gasteiger charge is -2.25. The summed E-state index contributed by atoms with van der Waals surface area (Å²) in [6.07, 6.45) is 3.87. The van der Waals surface area contributed by atoms with Gasteiger partial charge in [-0.2, -0.15) is 0 Å². The van der Waals surface area contributed by atoms with Gasteiger partial charge in [0, 0.05) is 10.0 Å². The third-order valence-corrected chi connectivity index (χ3v) is 6.17. The predicted octanol–water partition coefficient (Wildman–Crippen LogP) is 2.55. The fourth-order valence-corrected chi connectivity index (χ4v) is 5.09. The molecule has 1 aromatic carbocycles. The van der Waals surface area contributed by atoms with Gasteiger partial charge in [0.1, 0.15) is 0 Å². The van der Waals surface area contributed by atoms with Crippen LogP contribution in [0, 0.1) is 0 Å². The molecule has 0 aromatic heterocycles. The van der Waals surface area contributed by atoms with Gasteiger partial charge in [0.25, 0.3) is 0 Å². The van der Waals surface area contributed by atoms with Gasteiger partial charge in [0.05, 0.1) is 11.5 Å². The van der Waals surface area contributed by atoms with E-state index in [0.717, 1.165) is 25.7 Å². The van der Waals surface area contributed by atoms with E-state index in [-0.39, 0.29) is 17.0 Å². The van der Waals surface area contributed by atoms with Gasteiger partial charge in [0.2, 0.25) is 10.0 Å². The molecule has 0 saturated heterocycles. The normalized spacial score (nSPS) is 18.7. The van der Waals surface area contributed by atoms with Crippen molar-refractivity contribution in [2.75, 3.05) is 0 Å². The second kappa shape index (κ2) is 5.52. The Balaban J connectivity index is 2.29. The molecular formula is C13H18BrNO3S. The molecule has 4 nitrogen and oxygen atoms in total. The first-order valence-corrected chi connectivity index (χ1v) is 8.57. The molecule has 1 aliphatic rings. The monoisotopic (exact) mass is 347 g/mol. The molecule has 1 aromatic rings. The van der Waals surface area contributed by atoms with Crippen molar-refractivity contribution in [3.8, 4) is 0 Å². The SMILES string of the molecule is CC1(NS(=O)(=O)c2ccc(CO)cc2Br)CCCC1. The van der Waals surface area contributed by atoms with Crippen molar-refractivity contribution in [2.45, 2.75) is 49.6 Å². The van der Waals surface area contributed by atoms with Gasteiger partial charge in [-0.05, 0) is 53.4 Å². The largest absolute Gasteiger partial charge is 0.392 e. The van der Waals surface area contributed by atoms with Crippen LogP contribution in [0.1, 0.15) is 38.2 Å². The summed E-state index contributed by atoms with van der Waals surface area (Å²) < 4.78 is 28.1. The Morgan fingerprint density at radius 1 is 1.37 bits per heavy atom. The number of hydrogen-bond donors (Lipinski definition) is 2. The lowest BCUT2D eigenvalue weighted by Crippen LogP contribution is -2.43. The number of nitrogens with one attached hydrogen (secondary N) is 1. The first kappa shape index (κ1) is 15.0. The molecule has 0 radical (unpaired) electrons. The van der Waals surface area contributed by atoms with Crippen LogP contribution in [0.25, 0.3) is 0 Å². The van der Waals surface area contributed by atoms with E-state index in [1.165, 1.54) is 6.07 Å². The Morgan fingerprint density at radius 3 is 2.53 bits per heavy atom. The summed E-state index contributed by atoms with van der Waals surface area (Å²) in [6, 6.07) is 4.78. The molecular weight excluding hydrogens is 330 g/mol. The molecule has 0 bridgehead atoms. The molecule has 2 rings (SSSR count). The number of halogens is 1. The van der Waals surface area contributed by atoms with E-state index in [9.17, 15) is 8.42 Å². The molecule has 1 saturated carbocycles. The van der Waals surface area contributed by atoms with Crippen molar-refractivity contribution in [2.24, 2.45) is 0 Å². The second-order valence-corrected chi connectivity index (χ2v) is 7.80. The Hall–Kier alpha value is -0.430. The zero-order valence-electron chi connectivity index (χ0n) is 10.8. The number of benzene rings is 1. The van der Waals surface area contributed by atoms with E-state index in [1.807, 2.05) is 6.92 Å². The van der Waals surface area contributed by atoms with Gasteiger partial charge in [-0.1, -0.05) is 18.9 Å². The fourth-order valence-electron chi connectivity index (χ4n) is 2.50. The van der Waals surface area contributed by atoms with Crippen molar-refractivity contribution in [1.82, 2.24) is 4.72 Å². The van der Waals surface area contributed by atoms with Gasteiger partial charge in [-0.15, -0.1) is 0 Å². The van der Waals surface area contributed by atoms with Crippen LogP contribution in [-0.4, -0.2) is 19.1 Å². The van der Waals surface area contributed by atoms with Crippen molar-refractivity contribution in [3.63, 3.8) is 0 Å². The Kier molecular flexibility index (Phi) is 4.35. The maximum Gasteiger partial charge on any atom is 0.242 e. The molecule has 0 heterocycles. The molecule has 1 aliphatic carbocycles. The van der Waals surface area contributed by atoms with E-state index in [1.54, 1.807) is 12.1 Å². The Labute approximate surface area is 122 Å². The van der Waals surface area contributed by atoms with E-state index >= 15 is 0 Å². The summed E-state index contributed by atoms with van der Waals surface area (Å²) >= 11 is 3.26. The van der Waals surface area contributed by atoms with E-state index < -0.39 is 10.0 Å². The number of aliphatic hydroxyl groups is 1. The molecule has 6 heteroatoms. The third-order valence-electron chi connectivity index (χ3n) is 3.56. The van der Waals surface area contributed by atoms with Crippen LogP contribution in [0.3, 0.4) is 0 Å². The van der Waals surface area contributed by atoms with Gasteiger partial charge < -0.3 is 5.11 Å². The van der Waals surface area contributed by atoms with Crippen LogP contribution >= 0.6 is 15.9 Å². The average Bonchev–Trinajstić information content (AvgIpc) is 2.74. The lowest BCUT2D eigenvalue weighted by molar-refractivity contribution is 0.281. The average molecular weight is 348 g/mol. The summed E-state index contributed by atoms with van der Waals surface area (Å²) in [5, 5.41) is 9.04. The summed E-state index contributed by atoms with van der Waals surface area (Å²) in [5.74, 6) is 0. The summed E-state index contributed by atoms with van der Waals surface area (Å²) in [5.41, 5.74) is 0.339. The fraction of sp³-hybridized carbons (Fsp3) is 0.538. The Morgan fingerprint density at radius 2 is 2.00 bits per heavy atom. The summed E-state index contributed by atoms with van der Waals surface area (Å²) in [6.45, 7) is 1.84. The number of sulfonamides is 1. The minimum absolute atomic E-state index is 0.107. The highest BCUT2D eigenvalue weighted by Crippen LogP contribution is 2.32. The first-order valence-electron chi connectivity index (χ1n) is 6.30. The van der Waals surface area contributed by atoms with E-state index in [0.29, 0.717) is 10.0 Å². The van der Waals surface area contributed by atoms with Crippen molar-refractivity contribution in [1.29, 1.82) is 0 Å². The number of rotatable bonds is 4. The smallest absolute Gasteiger partial charge is 0.242 e. The molecule has 106 valence electrons. The van der Waals surface area contributed by atoms with Gasteiger partial charge in [-0.25, -0.2) is 13.1 Å². The molecule has 1 fully saturated rings. The molecule has 0 aliphatic heterocycles. The maximum atomic E-state index is 12.4. The molecule has 19 heavy (non-hydrogen) atoms. The van der Waals surface area contributed by atoms with Crippen molar-refractivity contribution >= 4 is 26.0 Å². The quantitative estimate of drug-likeness (QED) is 0.879. The van der Waals surface area contributed by atoms with Gasteiger partial charge >= 0.3 is 0 Å². The van der Waals surface area contributed by atoms with Crippen LogP contribution in [0.15, 0.2) is 27.6 Å². The highest BCUT2D eigenvalue weighted by Gasteiger charge is 2.34. The number of aliphatic hydroxyl groups excluding tert-OH is 1. The molecule has 0 amide bonds. The van der Waals surface area contributed by atoms with E-state index in [2.05, 4.69) is 20.7 Å². The topological polar surface area (TPSA) is 66.4 Å². The summed E-state index contributed by atoms with van der Waals surface area (Å²) in [4.78, 5) is 0.220. The molecule has 0 atom stereocenters.